The van der Waals surface area contributed by atoms with Gasteiger partial charge in [0.25, 0.3) is 0 Å². The number of hydrogen-bond donors (Lipinski definition) is 1. The molecule has 0 amide bonds. The number of benzene rings is 2. The van der Waals surface area contributed by atoms with E-state index in [9.17, 15) is 14.9 Å². The molecule has 0 spiro atoms. The Hall–Kier alpha value is -4.24. The van der Waals surface area contributed by atoms with Crippen LogP contribution in [0.2, 0.25) is 0 Å². The summed E-state index contributed by atoms with van der Waals surface area (Å²) in [5.74, 6) is -1.87. The summed E-state index contributed by atoms with van der Waals surface area (Å²) in [6.07, 6.45) is 1.61. The Kier molecular flexibility index (Phi) is 3.58. The Labute approximate surface area is 165 Å². The maximum Gasteiger partial charge on any atom is 0.229 e. The molecule has 0 fully saturated rings. The largest absolute Gasteiger partial charge is 0.436 e. The lowest BCUT2D eigenvalue weighted by Crippen LogP contribution is -2.32. The molecule has 1 aliphatic carbocycles. The number of carbonyl (C=O) groups excluding carboxylic acids is 2. The van der Waals surface area contributed by atoms with E-state index in [-0.39, 0.29) is 34.1 Å². The van der Waals surface area contributed by atoms with E-state index >= 15 is 0 Å². The molecule has 2 aliphatic rings. The fraction of sp³-hybridized carbons (Fsp3) is 0.0435. The van der Waals surface area contributed by atoms with Crippen LogP contribution in [-0.4, -0.2) is 16.6 Å². The molecular formula is C23H13N3O3. The van der Waals surface area contributed by atoms with E-state index in [2.05, 4.69) is 11.1 Å². The molecule has 5 rings (SSSR count). The van der Waals surface area contributed by atoms with Crippen molar-refractivity contribution in [3.63, 3.8) is 0 Å². The smallest absolute Gasteiger partial charge is 0.229 e. The van der Waals surface area contributed by atoms with Crippen LogP contribution in [0.5, 0.6) is 0 Å². The van der Waals surface area contributed by atoms with E-state index in [0.29, 0.717) is 16.6 Å². The Bertz CT molecular complexity index is 1340. The predicted octanol–water partition coefficient (Wildman–Crippen LogP) is 3.38. The number of Topliss-reactive ketones (excluding diaryl/α,β-unsaturated/α-hetero) is 2. The lowest BCUT2D eigenvalue weighted by atomic mass is 9.75. The highest BCUT2D eigenvalue weighted by Crippen LogP contribution is 2.45. The zero-order valence-corrected chi connectivity index (χ0v) is 15.0. The summed E-state index contributed by atoms with van der Waals surface area (Å²) < 4.78 is 5.53. The maximum absolute atomic E-state index is 13.4. The van der Waals surface area contributed by atoms with Gasteiger partial charge in [0, 0.05) is 22.7 Å². The third-order valence-electron chi connectivity index (χ3n) is 5.28. The Balaban J connectivity index is 1.83. The van der Waals surface area contributed by atoms with Gasteiger partial charge in [0.2, 0.25) is 11.7 Å². The van der Waals surface area contributed by atoms with Crippen LogP contribution in [0.1, 0.15) is 32.2 Å². The number of nitriles is 1. The minimum Gasteiger partial charge on any atom is -0.436 e. The number of fused-ring (bicyclic) bond motifs is 2. The fourth-order valence-corrected chi connectivity index (χ4v) is 3.99. The molecule has 0 unspecified atom stereocenters. The molecule has 2 heterocycles. The number of nitrogens with two attached hydrogens (primary N) is 1. The highest BCUT2D eigenvalue weighted by molar-refractivity contribution is 6.27. The van der Waals surface area contributed by atoms with Crippen molar-refractivity contribution in [1.82, 2.24) is 4.98 Å². The average molecular weight is 379 g/mol. The molecule has 1 atom stereocenters. The van der Waals surface area contributed by atoms with Crippen LogP contribution >= 0.6 is 0 Å². The molecule has 0 saturated heterocycles. The van der Waals surface area contributed by atoms with Gasteiger partial charge in [-0.05, 0) is 17.7 Å². The number of carbonyl (C=O) groups is 2. The number of ketones is 2. The SMILES string of the molecule is N#CC1=C(N)OC2=C(C(=O)c3ccccc3C2=O)[C@@H]1c1ccnc2ccccc12. The van der Waals surface area contributed by atoms with Crippen molar-refractivity contribution >= 4 is 22.5 Å². The van der Waals surface area contributed by atoms with Gasteiger partial charge in [-0.1, -0.05) is 42.5 Å². The lowest BCUT2D eigenvalue weighted by Gasteiger charge is -2.31. The average Bonchev–Trinajstić information content (AvgIpc) is 2.76. The van der Waals surface area contributed by atoms with Crippen LogP contribution in [0, 0.1) is 11.3 Å². The van der Waals surface area contributed by atoms with Gasteiger partial charge >= 0.3 is 0 Å². The van der Waals surface area contributed by atoms with Crippen molar-refractivity contribution in [2.45, 2.75) is 5.92 Å². The highest BCUT2D eigenvalue weighted by Gasteiger charge is 2.44. The Morgan fingerprint density at radius 1 is 0.966 bits per heavy atom. The van der Waals surface area contributed by atoms with Crippen LogP contribution in [0.15, 0.2) is 83.6 Å². The minimum absolute atomic E-state index is 0.0978. The molecule has 2 N–H and O–H groups in total. The topological polar surface area (TPSA) is 106 Å². The Morgan fingerprint density at radius 3 is 2.41 bits per heavy atom. The molecule has 3 aromatic rings. The first-order valence-electron chi connectivity index (χ1n) is 8.95. The van der Waals surface area contributed by atoms with Crippen LogP contribution in [0.25, 0.3) is 10.9 Å². The summed E-state index contributed by atoms with van der Waals surface area (Å²) in [7, 11) is 0. The van der Waals surface area contributed by atoms with E-state index in [1.807, 2.05) is 24.3 Å². The van der Waals surface area contributed by atoms with Crippen molar-refractivity contribution in [2.75, 3.05) is 0 Å². The van der Waals surface area contributed by atoms with Gasteiger partial charge in [0.15, 0.2) is 11.5 Å². The second-order valence-electron chi connectivity index (χ2n) is 6.79. The Morgan fingerprint density at radius 2 is 1.66 bits per heavy atom. The van der Waals surface area contributed by atoms with Crippen molar-refractivity contribution in [1.29, 1.82) is 5.26 Å². The number of aromatic nitrogens is 1. The molecule has 0 bridgehead atoms. The molecule has 0 saturated carbocycles. The number of pyridine rings is 1. The molecule has 1 aromatic heterocycles. The minimum atomic E-state index is -0.818. The lowest BCUT2D eigenvalue weighted by molar-refractivity contribution is 0.0897. The van der Waals surface area contributed by atoms with Crippen LogP contribution in [0.4, 0.5) is 0 Å². The first-order valence-corrected chi connectivity index (χ1v) is 8.95. The van der Waals surface area contributed by atoms with Crippen LogP contribution < -0.4 is 5.73 Å². The standard InChI is InChI=1S/C23H13N3O3/c24-11-16-18(13-9-10-26-17-8-4-3-5-12(13)17)19-20(27)14-6-1-2-7-15(14)21(28)22(19)29-23(16)25/h1-10,18H,25H2/t18-/m1/s1. The van der Waals surface area contributed by atoms with E-state index in [1.165, 1.54) is 0 Å². The zero-order valence-electron chi connectivity index (χ0n) is 15.0. The van der Waals surface area contributed by atoms with Crippen molar-refractivity contribution in [3.8, 4) is 6.07 Å². The van der Waals surface area contributed by atoms with Crippen molar-refractivity contribution in [3.05, 3.63) is 100 Å². The molecular weight excluding hydrogens is 366 g/mol. The monoisotopic (exact) mass is 379 g/mol. The van der Waals surface area contributed by atoms with E-state index in [1.54, 1.807) is 36.5 Å². The first kappa shape index (κ1) is 16.9. The van der Waals surface area contributed by atoms with E-state index in [0.717, 1.165) is 5.39 Å². The third kappa shape index (κ3) is 2.31. The summed E-state index contributed by atoms with van der Waals surface area (Å²) in [5.41, 5.74) is 8.19. The number of hydrogen-bond acceptors (Lipinski definition) is 6. The number of para-hydroxylation sites is 1. The molecule has 2 aromatic carbocycles. The molecule has 6 heteroatoms. The number of ether oxygens (including phenoxy) is 1. The molecule has 29 heavy (non-hydrogen) atoms. The van der Waals surface area contributed by atoms with Gasteiger partial charge in [-0.2, -0.15) is 5.26 Å². The number of allylic oxidation sites excluding steroid dienone is 3. The molecule has 0 radical (unpaired) electrons. The summed E-state index contributed by atoms with van der Waals surface area (Å²) in [6, 6.07) is 17.8. The fourth-order valence-electron chi connectivity index (χ4n) is 3.99. The second-order valence-corrected chi connectivity index (χ2v) is 6.79. The van der Waals surface area contributed by atoms with E-state index < -0.39 is 11.7 Å². The normalized spacial score (nSPS) is 18.2. The number of rotatable bonds is 1. The van der Waals surface area contributed by atoms with Crippen molar-refractivity contribution in [2.24, 2.45) is 5.73 Å². The summed E-state index contributed by atoms with van der Waals surface area (Å²) in [5, 5.41) is 10.6. The van der Waals surface area contributed by atoms with Gasteiger partial charge in [-0.25, -0.2) is 0 Å². The van der Waals surface area contributed by atoms with Gasteiger partial charge in [-0.15, -0.1) is 0 Å². The second kappa shape index (κ2) is 6.14. The molecule has 6 nitrogen and oxygen atoms in total. The van der Waals surface area contributed by atoms with Gasteiger partial charge < -0.3 is 10.5 Å². The molecule has 1 aliphatic heterocycles. The van der Waals surface area contributed by atoms with Crippen LogP contribution in [-0.2, 0) is 4.74 Å². The quantitative estimate of drug-likeness (QED) is 0.695. The van der Waals surface area contributed by atoms with E-state index in [4.69, 9.17) is 10.5 Å². The first-order chi connectivity index (χ1) is 14.1. The molecule has 138 valence electrons. The van der Waals surface area contributed by atoms with Gasteiger partial charge in [-0.3, -0.25) is 14.6 Å². The van der Waals surface area contributed by atoms with Gasteiger partial charge in [0.1, 0.15) is 11.6 Å². The predicted molar refractivity (Wildman–Crippen MR) is 105 cm³/mol. The van der Waals surface area contributed by atoms with Gasteiger partial charge in [0.05, 0.1) is 17.0 Å². The summed E-state index contributed by atoms with van der Waals surface area (Å²) >= 11 is 0. The number of nitrogens with zero attached hydrogens (tertiary/aromatic N) is 2. The summed E-state index contributed by atoms with van der Waals surface area (Å²) in [4.78, 5) is 30.8. The zero-order chi connectivity index (χ0) is 20.1. The van der Waals surface area contributed by atoms with Crippen molar-refractivity contribution < 1.29 is 14.3 Å². The summed E-state index contributed by atoms with van der Waals surface area (Å²) in [6.45, 7) is 0. The maximum atomic E-state index is 13.4. The third-order valence-corrected chi connectivity index (χ3v) is 5.28. The van der Waals surface area contributed by atoms with Crippen LogP contribution in [0.3, 0.4) is 0 Å². The highest BCUT2D eigenvalue weighted by atomic mass is 16.5.